The molecule has 0 unspecified atom stereocenters. The molecule has 0 aliphatic carbocycles. The summed E-state index contributed by atoms with van der Waals surface area (Å²) < 4.78 is 0.767. The summed E-state index contributed by atoms with van der Waals surface area (Å²) in [4.78, 5) is 1.09. The first kappa shape index (κ1) is 8.01. The van der Waals surface area contributed by atoms with Gasteiger partial charge < -0.3 is 11.5 Å². The van der Waals surface area contributed by atoms with Crippen LogP contribution in [0.25, 0.3) is 0 Å². The molecule has 56 valence electrons. The highest BCUT2D eigenvalue weighted by Crippen LogP contribution is 2.26. The normalized spacial score (nSPS) is 10.3. The van der Waals surface area contributed by atoms with Crippen LogP contribution in [0.1, 0.15) is 10.4 Å². The SMILES string of the molecule is NCc1cc(CN)c(Cl)s1. The Morgan fingerprint density at radius 1 is 1.40 bits per heavy atom. The second-order valence-corrected chi connectivity index (χ2v) is 3.66. The molecule has 0 radical (unpaired) electrons. The lowest BCUT2D eigenvalue weighted by Gasteiger charge is -1.86. The van der Waals surface area contributed by atoms with Crippen LogP contribution >= 0.6 is 22.9 Å². The highest BCUT2D eigenvalue weighted by molar-refractivity contribution is 7.16. The first-order chi connectivity index (χ1) is 4.77. The minimum atomic E-state index is 0.495. The smallest absolute Gasteiger partial charge is 0.0976 e. The Morgan fingerprint density at radius 2 is 2.10 bits per heavy atom. The zero-order valence-electron chi connectivity index (χ0n) is 5.43. The molecule has 0 aliphatic heterocycles. The number of halogens is 1. The van der Waals surface area contributed by atoms with Crippen molar-refractivity contribution in [3.05, 3.63) is 20.8 Å². The number of hydrogen-bond acceptors (Lipinski definition) is 3. The summed E-state index contributed by atoms with van der Waals surface area (Å²) in [5.41, 5.74) is 11.8. The molecule has 0 bridgehead atoms. The molecule has 2 nitrogen and oxygen atoms in total. The van der Waals surface area contributed by atoms with E-state index in [1.54, 1.807) is 0 Å². The third kappa shape index (κ3) is 1.49. The molecule has 0 atom stereocenters. The summed E-state index contributed by atoms with van der Waals surface area (Å²) in [6.07, 6.45) is 0. The van der Waals surface area contributed by atoms with Crippen molar-refractivity contribution in [1.82, 2.24) is 0 Å². The summed E-state index contributed by atoms with van der Waals surface area (Å²) in [6.45, 7) is 1.04. The van der Waals surface area contributed by atoms with Crippen LogP contribution in [0, 0.1) is 0 Å². The van der Waals surface area contributed by atoms with Gasteiger partial charge in [0.2, 0.25) is 0 Å². The van der Waals surface area contributed by atoms with E-state index < -0.39 is 0 Å². The predicted molar refractivity (Wildman–Crippen MR) is 45.1 cm³/mol. The molecule has 4 heteroatoms. The molecule has 1 rings (SSSR count). The molecular weight excluding hydrogens is 168 g/mol. The van der Waals surface area contributed by atoms with Gasteiger partial charge in [0.25, 0.3) is 0 Å². The van der Waals surface area contributed by atoms with E-state index >= 15 is 0 Å². The van der Waals surface area contributed by atoms with Crippen molar-refractivity contribution in [2.75, 3.05) is 0 Å². The molecule has 1 aromatic rings. The molecule has 0 fully saturated rings. The standard InChI is InChI=1S/C6H9ClN2S/c7-6-4(2-8)1-5(3-9)10-6/h1H,2-3,8-9H2. The van der Waals surface area contributed by atoms with Crippen molar-refractivity contribution in [2.45, 2.75) is 13.1 Å². The molecule has 1 heterocycles. The molecule has 1 aromatic heterocycles. The Balaban J connectivity index is 2.92. The lowest BCUT2D eigenvalue weighted by molar-refractivity contribution is 1.06. The predicted octanol–water partition coefficient (Wildman–Crippen LogP) is 1.32. The van der Waals surface area contributed by atoms with Crippen molar-refractivity contribution < 1.29 is 0 Å². The third-order valence-corrected chi connectivity index (χ3v) is 2.69. The maximum atomic E-state index is 5.81. The quantitative estimate of drug-likeness (QED) is 0.714. The second kappa shape index (κ2) is 3.34. The van der Waals surface area contributed by atoms with E-state index in [1.807, 2.05) is 6.07 Å². The maximum Gasteiger partial charge on any atom is 0.0976 e. The van der Waals surface area contributed by atoms with Crippen molar-refractivity contribution in [1.29, 1.82) is 0 Å². The number of nitrogens with two attached hydrogens (primary N) is 2. The van der Waals surface area contributed by atoms with Crippen LogP contribution in [-0.4, -0.2) is 0 Å². The minimum Gasteiger partial charge on any atom is -0.326 e. The summed E-state index contributed by atoms with van der Waals surface area (Å²) in [5, 5.41) is 0. The number of hydrogen-bond donors (Lipinski definition) is 2. The lowest BCUT2D eigenvalue weighted by Crippen LogP contribution is -1.95. The first-order valence-corrected chi connectivity index (χ1v) is 4.14. The average molecular weight is 177 g/mol. The van der Waals surface area contributed by atoms with E-state index in [-0.39, 0.29) is 0 Å². The maximum absolute atomic E-state index is 5.81. The largest absolute Gasteiger partial charge is 0.326 e. The Kier molecular flexibility index (Phi) is 2.68. The van der Waals surface area contributed by atoms with Crippen LogP contribution in [0.2, 0.25) is 4.34 Å². The number of thiophene rings is 1. The zero-order chi connectivity index (χ0) is 7.56. The average Bonchev–Trinajstić information content (AvgIpc) is 2.30. The summed E-state index contributed by atoms with van der Waals surface area (Å²) in [6, 6.07) is 1.95. The van der Waals surface area contributed by atoms with Gasteiger partial charge in [0.05, 0.1) is 4.34 Å². The molecule has 0 saturated heterocycles. The van der Waals surface area contributed by atoms with Crippen LogP contribution in [0.4, 0.5) is 0 Å². The van der Waals surface area contributed by atoms with Gasteiger partial charge in [-0.3, -0.25) is 0 Å². The molecule has 0 aromatic carbocycles. The molecule has 0 amide bonds. The van der Waals surface area contributed by atoms with Gasteiger partial charge in [-0.05, 0) is 11.6 Å². The van der Waals surface area contributed by atoms with E-state index in [4.69, 9.17) is 23.1 Å². The van der Waals surface area contributed by atoms with Crippen LogP contribution in [0.15, 0.2) is 6.07 Å². The Labute approximate surface area is 68.8 Å². The van der Waals surface area contributed by atoms with Gasteiger partial charge in [-0.15, -0.1) is 11.3 Å². The monoisotopic (exact) mass is 176 g/mol. The molecular formula is C6H9ClN2S. The van der Waals surface area contributed by atoms with E-state index in [1.165, 1.54) is 11.3 Å². The van der Waals surface area contributed by atoms with Gasteiger partial charge >= 0.3 is 0 Å². The second-order valence-electron chi connectivity index (χ2n) is 1.92. The zero-order valence-corrected chi connectivity index (χ0v) is 7.00. The highest BCUT2D eigenvalue weighted by atomic mass is 35.5. The summed E-state index contributed by atoms with van der Waals surface area (Å²) in [5.74, 6) is 0. The van der Waals surface area contributed by atoms with Crippen LogP contribution in [-0.2, 0) is 13.1 Å². The van der Waals surface area contributed by atoms with E-state index in [9.17, 15) is 0 Å². The topological polar surface area (TPSA) is 52.0 Å². The molecule has 0 saturated carbocycles. The van der Waals surface area contributed by atoms with E-state index in [0.717, 1.165) is 14.8 Å². The van der Waals surface area contributed by atoms with Crippen LogP contribution in [0.3, 0.4) is 0 Å². The Hall–Kier alpha value is -0.0900. The van der Waals surface area contributed by atoms with Gasteiger partial charge in [-0.1, -0.05) is 11.6 Å². The lowest BCUT2D eigenvalue weighted by atomic mass is 10.3. The third-order valence-electron chi connectivity index (χ3n) is 1.23. The van der Waals surface area contributed by atoms with Gasteiger partial charge in [-0.25, -0.2) is 0 Å². The summed E-state index contributed by atoms with van der Waals surface area (Å²) >= 11 is 7.31. The molecule has 10 heavy (non-hydrogen) atoms. The number of rotatable bonds is 2. The van der Waals surface area contributed by atoms with E-state index in [0.29, 0.717) is 13.1 Å². The molecule has 4 N–H and O–H groups in total. The van der Waals surface area contributed by atoms with Gasteiger partial charge in [0.1, 0.15) is 0 Å². The Morgan fingerprint density at radius 3 is 2.40 bits per heavy atom. The fourth-order valence-corrected chi connectivity index (χ4v) is 1.92. The van der Waals surface area contributed by atoms with E-state index in [2.05, 4.69) is 0 Å². The van der Waals surface area contributed by atoms with Crippen molar-refractivity contribution in [3.8, 4) is 0 Å². The Bertz CT molecular complexity index is 222. The van der Waals surface area contributed by atoms with Gasteiger partial charge in [-0.2, -0.15) is 0 Å². The fraction of sp³-hybridized carbons (Fsp3) is 0.333. The summed E-state index contributed by atoms with van der Waals surface area (Å²) in [7, 11) is 0. The van der Waals surface area contributed by atoms with Crippen LogP contribution in [0.5, 0.6) is 0 Å². The molecule has 0 aliphatic rings. The van der Waals surface area contributed by atoms with Gasteiger partial charge in [0, 0.05) is 18.0 Å². The molecule has 0 spiro atoms. The fourth-order valence-electron chi connectivity index (χ4n) is 0.701. The van der Waals surface area contributed by atoms with Crippen LogP contribution < -0.4 is 11.5 Å². The van der Waals surface area contributed by atoms with Crippen molar-refractivity contribution >= 4 is 22.9 Å². The van der Waals surface area contributed by atoms with Crippen molar-refractivity contribution in [3.63, 3.8) is 0 Å². The van der Waals surface area contributed by atoms with Gasteiger partial charge in [0.15, 0.2) is 0 Å². The van der Waals surface area contributed by atoms with Crippen molar-refractivity contribution in [2.24, 2.45) is 11.5 Å². The highest BCUT2D eigenvalue weighted by Gasteiger charge is 2.02. The first-order valence-electron chi connectivity index (χ1n) is 2.95. The minimum absolute atomic E-state index is 0.495.